The average Bonchev–Trinajstić information content (AvgIpc) is 3.20. The first-order valence-corrected chi connectivity index (χ1v) is 10.1. The minimum absolute atomic E-state index is 0.647. The number of anilines is 1. The second-order valence-corrected chi connectivity index (χ2v) is 7.74. The van der Waals surface area contributed by atoms with Crippen LogP contribution < -0.4 is 4.90 Å². The Labute approximate surface area is 165 Å². The summed E-state index contributed by atoms with van der Waals surface area (Å²) in [6, 6.07) is 13.4. The highest BCUT2D eigenvalue weighted by molar-refractivity contribution is 5.52. The van der Waals surface area contributed by atoms with E-state index in [4.69, 9.17) is 4.42 Å². The zero-order valence-electron chi connectivity index (χ0n) is 16.2. The molecule has 0 N–H and O–H groups in total. The van der Waals surface area contributed by atoms with E-state index in [-0.39, 0.29) is 0 Å². The molecular formula is C22H25N5O. The van der Waals surface area contributed by atoms with Gasteiger partial charge >= 0.3 is 0 Å². The van der Waals surface area contributed by atoms with Crippen molar-refractivity contribution in [3.05, 3.63) is 59.5 Å². The molecule has 1 atom stereocenters. The van der Waals surface area contributed by atoms with Crippen molar-refractivity contribution < 1.29 is 4.42 Å². The molecule has 0 radical (unpaired) electrons. The first-order chi connectivity index (χ1) is 13.8. The normalized spacial score (nSPS) is 20.2. The summed E-state index contributed by atoms with van der Waals surface area (Å²) in [6.07, 6.45) is 5.28. The molecule has 6 nitrogen and oxygen atoms in total. The third-order valence-corrected chi connectivity index (χ3v) is 5.97. The summed E-state index contributed by atoms with van der Waals surface area (Å²) in [5.41, 5.74) is 3.79. The van der Waals surface area contributed by atoms with Crippen LogP contribution in [0.25, 0.3) is 11.5 Å². The number of piperazine rings is 1. The van der Waals surface area contributed by atoms with Gasteiger partial charge in [0.1, 0.15) is 11.5 Å². The van der Waals surface area contributed by atoms with E-state index in [0.29, 0.717) is 12.0 Å². The Morgan fingerprint density at radius 3 is 2.61 bits per heavy atom. The fourth-order valence-electron chi connectivity index (χ4n) is 4.40. The van der Waals surface area contributed by atoms with Crippen LogP contribution in [0.2, 0.25) is 0 Å². The Balaban J connectivity index is 1.24. The van der Waals surface area contributed by atoms with Gasteiger partial charge in [-0.1, -0.05) is 24.3 Å². The van der Waals surface area contributed by atoms with Crippen LogP contribution >= 0.6 is 0 Å². The SMILES string of the molecule is Cc1ccc(-c2cnnc(N3CCN([C@H]4CCc5ccccc5C4)CC3)n2)o1. The molecule has 0 bridgehead atoms. The molecule has 1 aliphatic carbocycles. The van der Waals surface area contributed by atoms with Gasteiger partial charge in [-0.3, -0.25) is 4.90 Å². The number of hydrogen-bond donors (Lipinski definition) is 0. The molecule has 144 valence electrons. The van der Waals surface area contributed by atoms with Crippen LogP contribution in [0, 0.1) is 6.92 Å². The summed E-state index contributed by atoms with van der Waals surface area (Å²) >= 11 is 0. The van der Waals surface area contributed by atoms with Crippen LogP contribution in [0.5, 0.6) is 0 Å². The van der Waals surface area contributed by atoms with Crippen LogP contribution in [0.15, 0.2) is 47.0 Å². The van der Waals surface area contributed by atoms with Crippen molar-refractivity contribution in [2.75, 3.05) is 31.1 Å². The van der Waals surface area contributed by atoms with E-state index in [1.54, 1.807) is 6.20 Å². The lowest BCUT2D eigenvalue weighted by Gasteiger charge is -2.41. The molecule has 1 saturated heterocycles. The number of benzene rings is 1. The molecule has 0 saturated carbocycles. The molecule has 0 spiro atoms. The summed E-state index contributed by atoms with van der Waals surface area (Å²) in [7, 11) is 0. The number of aryl methyl sites for hydroxylation is 2. The lowest BCUT2D eigenvalue weighted by Crippen LogP contribution is -2.52. The smallest absolute Gasteiger partial charge is 0.246 e. The molecule has 3 heterocycles. The van der Waals surface area contributed by atoms with Gasteiger partial charge in [0.15, 0.2) is 5.76 Å². The maximum absolute atomic E-state index is 5.68. The number of hydrogen-bond acceptors (Lipinski definition) is 6. The van der Waals surface area contributed by atoms with Crippen LogP contribution in [0.1, 0.15) is 23.3 Å². The molecule has 3 aromatic rings. The molecule has 28 heavy (non-hydrogen) atoms. The van der Waals surface area contributed by atoms with Crippen LogP contribution in [0.3, 0.4) is 0 Å². The van der Waals surface area contributed by atoms with Gasteiger partial charge in [0.2, 0.25) is 5.95 Å². The van der Waals surface area contributed by atoms with Crippen LogP contribution in [0.4, 0.5) is 5.95 Å². The topological polar surface area (TPSA) is 58.3 Å². The minimum atomic E-state index is 0.647. The lowest BCUT2D eigenvalue weighted by atomic mass is 9.87. The van der Waals surface area contributed by atoms with E-state index >= 15 is 0 Å². The third kappa shape index (κ3) is 3.40. The summed E-state index contributed by atoms with van der Waals surface area (Å²) in [5.74, 6) is 2.31. The van der Waals surface area contributed by atoms with Crippen LogP contribution in [-0.4, -0.2) is 52.3 Å². The third-order valence-electron chi connectivity index (χ3n) is 5.97. The molecule has 1 fully saturated rings. The predicted octanol–water partition coefficient (Wildman–Crippen LogP) is 3.12. The van der Waals surface area contributed by atoms with E-state index in [1.807, 2.05) is 19.1 Å². The van der Waals surface area contributed by atoms with E-state index in [9.17, 15) is 0 Å². The number of rotatable bonds is 3. The van der Waals surface area contributed by atoms with Gasteiger partial charge in [-0.2, -0.15) is 5.10 Å². The quantitative estimate of drug-likeness (QED) is 0.701. The summed E-state index contributed by atoms with van der Waals surface area (Å²) in [6.45, 7) is 5.88. The molecule has 1 aliphatic heterocycles. The summed E-state index contributed by atoms with van der Waals surface area (Å²) in [5, 5.41) is 8.42. The average molecular weight is 375 g/mol. The van der Waals surface area contributed by atoms with Gasteiger partial charge in [-0.05, 0) is 49.4 Å². The highest BCUT2D eigenvalue weighted by Crippen LogP contribution is 2.26. The van der Waals surface area contributed by atoms with Gasteiger partial charge < -0.3 is 9.32 Å². The molecule has 1 aromatic carbocycles. The molecule has 5 rings (SSSR count). The van der Waals surface area contributed by atoms with Gasteiger partial charge in [0, 0.05) is 32.2 Å². The Morgan fingerprint density at radius 2 is 1.82 bits per heavy atom. The van der Waals surface area contributed by atoms with Gasteiger partial charge in [0.05, 0.1) is 6.20 Å². The van der Waals surface area contributed by atoms with Crippen molar-refractivity contribution in [3.63, 3.8) is 0 Å². The van der Waals surface area contributed by atoms with E-state index in [1.165, 1.54) is 30.4 Å². The highest BCUT2D eigenvalue weighted by Gasteiger charge is 2.28. The van der Waals surface area contributed by atoms with Gasteiger partial charge in [-0.25, -0.2) is 4.98 Å². The summed E-state index contributed by atoms with van der Waals surface area (Å²) in [4.78, 5) is 9.56. The van der Waals surface area contributed by atoms with E-state index < -0.39 is 0 Å². The fraction of sp³-hybridized carbons (Fsp3) is 0.409. The summed E-state index contributed by atoms with van der Waals surface area (Å²) < 4.78 is 5.68. The van der Waals surface area contributed by atoms with Crippen molar-refractivity contribution in [1.82, 2.24) is 20.1 Å². The number of furan rings is 1. The van der Waals surface area contributed by atoms with Crippen molar-refractivity contribution in [1.29, 1.82) is 0 Å². The first-order valence-electron chi connectivity index (χ1n) is 10.1. The molecule has 6 heteroatoms. The number of aromatic nitrogens is 3. The monoisotopic (exact) mass is 375 g/mol. The zero-order chi connectivity index (χ0) is 18.9. The van der Waals surface area contributed by atoms with Gasteiger partial charge in [-0.15, -0.1) is 5.10 Å². The first kappa shape index (κ1) is 17.4. The Kier molecular flexibility index (Phi) is 4.56. The van der Waals surface area contributed by atoms with Crippen molar-refractivity contribution in [3.8, 4) is 11.5 Å². The largest absolute Gasteiger partial charge is 0.460 e. The molecule has 0 amide bonds. The van der Waals surface area contributed by atoms with E-state index in [0.717, 1.165) is 43.4 Å². The van der Waals surface area contributed by atoms with Crippen molar-refractivity contribution in [2.24, 2.45) is 0 Å². The second-order valence-electron chi connectivity index (χ2n) is 7.74. The Morgan fingerprint density at radius 1 is 1.00 bits per heavy atom. The fourth-order valence-corrected chi connectivity index (χ4v) is 4.40. The van der Waals surface area contributed by atoms with E-state index in [2.05, 4.69) is 49.2 Å². The number of fused-ring (bicyclic) bond motifs is 1. The van der Waals surface area contributed by atoms with Crippen molar-refractivity contribution in [2.45, 2.75) is 32.2 Å². The Bertz CT molecular complexity index is 961. The minimum Gasteiger partial charge on any atom is -0.460 e. The lowest BCUT2D eigenvalue weighted by molar-refractivity contribution is 0.169. The molecule has 2 aliphatic rings. The maximum atomic E-state index is 5.68. The Hall–Kier alpha value is -2.73. The standard InChI is InChI=1S/C22H25N5O/c1-16-6-9-21(28-16)20-15-23-25-22(24-20)27-12-10-26(11-13-27)19-8-7-17-4-2-3-5-18(17)14-19/h2-6,9,15,19H,7-8,10-14H2,1H3/t19-/m0/s1. The predicted molar refractivity (Wildman–Crippen MR) is 108 cm³/mol. The van der Waals surface area contributed by atoms with Crippen molar-refractivity contribution >= 4 is 5.95 Å². The highest BCUT2D eigenvalue weighted by atomic mass is 16.3. The second kappa shape index (κ2) is 7.36. The molecular weight excluding hydrogens is 350 g/mol. The van der Waals surface area contributed by atoms with Crippen LogP contribution in [-0.2, 0) is 12.8 Å². The maximum Gasteiger partial charge on any atom is 0.246 e. The zero-order valence-corrected chi connectivity index (χ0v) is 16.2. The number of nitrogens with zero attached hydrogens (tertiary/aromatic N) is 5. The van der Waals surface area contributed by atoms with Gasteiger partial charge in [0.25, 0.3) is 0 Å². The molecule has 2 aromatic heterocycles. The molecule has 0 unspecified atom stereocenters.